The van der Waals surface area contributed by atoms with Gasteiger partial charge in [0.05, 0.1) is 22.2 Å². The van der Waals surface area contributed by atoms with Crippen LogP contribution in [0.2, 0.25) is 5.02 Å². The molecule has 9 heteroatoms. The van der Waals surface area contributed by atoms with Crippen molar-refractivity contribution in [1.29, 1.82) is 10.7 Å². The van der Waals surface area contributed by atoms with Gasteiger partial charge in [0, 0.05) is 30.2 Å². The number of rotatable bonds is 7. The highest BCUT2D eigenvalue weighted by Gasteiger charge is 2.19. The Morgan fingerprint density at radius 3 is 2.75 bits per heavy atom. The van der Waals surface area contributed by atoms with Crippen LogP contribution in [0.15, 0.2) is 24.4 Å². The first-order valence-corrected chi connectivity index (χ1v) is 9.14. The predicted molar refractivity (Wildman–Crippen MR) is 114 cm³/mol. The standard InChI is InChI=1S/C19H21ClN8/c1-4-23-16-15-12(20)9-24-17(15)27-18(26-16)25-13-6-5-7-14(11(13)8-21)28-19(2,3)10-22/h5-9,21,28H,4H2,1-3H3,(H3,23,24,25,26,27). The number of benzene rings is 1. The van der Waals surface area contributed by atoms with Gasteiger partial charge < -0.3 is 26.3 Å². The molecule has 2 aromatic heterocycles. The number of hydrogen-bond donors (Lipinski definition) is 5. The van der Waals surface area contributed by atoms with Gasteiger partial charge in [0.15, 0.2) is 0 Å². The van der Waals surface area contributed by atoms with Crippen LogP contribution < -0.4 is 16.0 Å². The molecule has 5 N–H and O–H groups in total. The summed E-state index contributed by atoms with van der Waals surface area (Å²) >= 11 is 6.23. The smallest absolute Gasteiger partial charge is 0.231 e. The topological polar surface area (TPSA) is 125 Å². The molecule has 3 aromatic rings. The molecule has 0 amide bonds. The van der Waals surface area contributed by atoms with Crippen molar-refractivity contribution in [2.24, 2.45) is 0 Å². The van der Waals surface area contributed by atoms with Gasteiger partial charge in [-0.05, 0) is 32.9 Å². The van der Waals surface area contributed by atoms with Crippen molar-refractivity contribution in [2.75, 3.05) is 22.5 Å². The minimum Gasteiger partial charge on any atom is -0.370 e. The third-order valence-corrected chi connectivity index (χ3v) is 4.35. The Labute approximate surface area is 167 Å². The monoisotopic (exact) mass is 396 g/mol. The first-order chi connectivity index (χ1) is 13.4. The Kier molecular flexibility index (Phi) is 5.38. The fourth-order valence-electron chi connectivity index (χ4n) is 2.77. The number of nitriles is 1. The number of fused-ring (bicyclic) bond motifs is 1. The van der Waals surface area contributed by atoms with Crippen molar-refractivity contribution in [3.8, 4) is 6.07 Å². The third-order valence-electron chi connectivity index (χ3n) is 4.05. The van der Waals surface area contributed by atoms with Crippen LogP contribution in [0.3, 0.4) is 0 Å². The van der Waals surface area contributed by atoms with E-state index in [2.05, 4.69) is 37.0 Å². The first-order valence-electron chi connectivity index (χ1n) is 8.77. The lowest BCUT2D eigenvalue weighted by Crippen LogP contribution is -2.29. The fraction of sp³-hybridized carbons (Fsp3) is 0.263. The Morgan fingerprint density at radius 2 is 2.07 bits per heavy atom. The van der Waals surface area contributed by atoms with Crippen molar-refractivity contribution in [3.63, 3.8) is 0 Å². The zero-order valence-electron chi connectivity index (χ0n) is 15.8. The molecule has 0 spiro atoms. The highest BCUT2D eigenvalue weighted by atomic mass is 35.5. The van der Waals surface area contributed by atoms with E-state index in [9.17, 15) is 5.26 Å². The molecule has 28 heavy (non-hydrogen) atoms. The molecule has 2 heterocycles. The zero-order chi connectivity index (χ0) is 20.3. The number of hydrogen-bond acceptors (Lipinski definition) is 7. The molecule has 0 fully saturated rings. The van der Waals surface area contributed by atoms with Crippen molar-refractivity contribution in [3.05, 3.63) is 35.0 Å². The molecule has 0 saturated carbocycles. The maximum Gasteiger partial charge on any atom is 0.231 e. The molecule has 3 rings (SSSR count). The Bertz CT molecular complexity index is 1060. The van der Waals surface area contributed by atoms with Crippen LogP contribution in [-0.2, 0) is 0 Å². The maximum absolute atomic E-state index is 9.28. The van der Waals surface area contributed by atoms with Gasteiger partial charge in [-0.1, -0.05) is 17.7 Å². The van der Waals surface area contributed by atoms with Crippen LogP contribution in [0.4, 0.5) is 23.1 Å². The van der Waals surface area contributed by atoms with Crippen LogP contribution in [-0.4, -0.2) is 33.3 Å². The largest absolute Gasteiger partial charge is 0.370 e. The lowest BCUT2D eigenvalue weighted by atomic mass is 10.0. The minimum atomic E-state index is -0.773. The average Bonchev–Trinajstić information content (AvgIpc) is 3.03. The summed E-state index contributed by atoms with van der Waals surface area (Å²) in [7, 11) is 0. The molecule has 1 aromatic carbocycles. The van der Waals surface area contributed by atoms with Crippen LogP contribution >= 0.6 is 11.6 Å². The number of halogens is 1. The van der Waals surface area contributed by atoms with Crippen LogP contribution in [0, 0.1) is 16.7 Å². The summed E-state index contributed by atoms with van der Waals surface area (Å²) in [6, 6.07) is 7.68. The van der Waals surface area contributed by atoms with E-state index >= 15 is 0 Å². The molecule has 0 saturated heterocycles. The molecule has 144 valence electrons. The second-order valence-electron chi connectivity index (χ2n) is 6.68. The molecule has 0 aliphatic rings. The summed E-state index contributed by atoms with van der Waals surface area (Å²) in [5.74, 6) is 0.985. The number of aromatic amines is 1. The highest BCUT2D eigenvalue weighted by Crippen LogP contribution is 2.31. The Morgan fingerprint density at radius 1 is 1.32 bits per heavy atom. The molecule has 0 aliphatic carbocycles. The van der Waals surface area contributed by atoms with Crippen molar-refractivity contribution >= 4 is 52.0 Å². The van der Waals surface area contributed by atoms with Gasteiger partial charge >= 0.3 is 0 Å². The summed E-state index contributed by atoms with van der Waals surface area (Å²) in [5.41, 5.74) is 1.75. The molecule has 8 nitrogen and oxygen atoms in total. The van der Waals surface area contributed by atoms with E-state index in [0.29, 0.717) is 45.9 Å². The molecule has 0 atom stereocenters. The summed E-state index contributed by atoms with van der Waals surface area (Å²) in [6.07, 6.45) is 2.90. The van der Waals surface area contributed by atoms with Crippen LogP contribution in [0.5, 0.6) is 0 Å². The van der Waals surface area contributed by atoms with E-state index < -0.39 is 5.54 Å². The summed E-state index contributed by atoms with van der Waals surface area (Å²) in [5, 5.41) is 27.9. The van der Waals surface area contributed by atoms with Crippen molar-refractivity contribution in [1.82, 2.24) is 15.0 Å². The number of anilines is 4. The number of nitrogens with one attached hydrogen (secondary N) is 5. The van der Waals surface area contributed by atoms with Gasteiger partial charge in [-0.3, -0.25) is 0 Å². The fourth-order valence-corrected chi connectivity index (χ4v) is 3.00. The van der Waals surface area contributed by atoms with Crippen LogP contribution in [0.25, 0.3) is 11.0 Å². The summed E-state index contributed by atoms with van der Waals surface area (Å²) < 4.78 is 0. The first kappa shape index (κ1) is 19.5. The van der Waals surface area contributed by atoms with Gasteiger partial charge in [-0.25, -0.2) is 0 Å². The lowest BCUT2D eigenvalue weighted by molar-refractivity contribution is 0.729. The van der Waals surface area contributed by atoms with Gasteiger partial charge in [-0.2, -0.15) is 15.2 Å². The van der Waals surface area contributed by atoms with E-state index in [1.54, 1.807) is 20.0 Å². The van der Waals surface area contributed by atoms with E-state index in [4.69, 9.17) is 17.0 Å². The number of aromatic nitrogens is 3. The highest BCUT2D eigenvalue weighted by molar-refractivity contribution is 6.36. The normalized spacial score (nSPS) is 11.1. The number of nitrogens with zero attached hydrogens (tertiary/aromatic N) is 3. The van der Waals surface area contributed by atoms with E-state index in [0.717, 1.165) is 5.39 Å². The average molecular weight is 397 g/mol. The number of H-pyrrole nitrogens is 1. The van der Waals surface area contributed by atoms with Gasteiger partial charge in [0.1, 0.15) is 17.0 Å². The van der Waals surface area contributed by atoms with Gasteiger partial charge in [0.25, 0.3) is 0 Å². The quantitative estimate of drug-likeness (QED) is 0.374. The SMILES string of the molecule is CCNc1nc(Nc2cccc(NC(C)(C)C#N)c2C=N)nc2[nH]cc(Cl)c12. The zero-order valence-corrected chi connectivity index (χ0v) is 16.6. The van der Waals surface area contributed by atoms with Gasteiger partial charge in [0.2, 0.25) is 5.95 Å². The molecular weight excluding hydrogens is 376 g/mol. The van der Waals surface area contributed by atoms with Crippen molar-refractivity contribution < 1.29 is 0 Å². The second kappa shape index (κ2) is 7.74. The summed E-state index contributed by atoms with van der Waals surface area (Å²) in [4.78, 5) is 12.0. The predicted octanol–water partition coefficient (Wildman–Crippen LogP) is 4.50. The molecule has 0 unspecified atom stereocenters. The molecule has 0 aliphatic heterocycles. The van der Waals surface area contributed by atoms with Crippen LogP contribution in [0.1, 0.15) is 26.3 Å². The Hall–Kier alpha value is -3.31. The minimum absolute atomic E-state index is 0.363. The third kappa shape index (κ3) is 3.85. The van der Waals surface area contributed by atoms with E-state index in [1.807, 2.05) is 25.1 Å². The van der Waals surface area contributed by atoms with Crippen molar-refractivity contribution in [2.45, 2.75) is 26.3 Å². The molecule has 0 bridgehead atoms. The second-order valence-corrected chi connectivity index (χ2v) is 7.09. The maximum atomic E-state index is 9.28. The van der Waals surface area contributed by atoms with E-state index in [-0.39, 0.29) is 0 Å². The van der Waals surface area contributed by atoms with Gasteiger partial charge in [-0.15, -0.1) is 0 Å². The summed E-state index contributed by atoms with van der Waals surface area (Å²) in [6.45, 7) is 6.20. The Balaban J connectivity index is 2.02. The lowest BCUT2D eigenvalue weighted by Gasteiger charge is -2.22. The molecule has 0 radical (unpaired) electrons. The molecular formula is C19H21ClN8. The van der Waals surface area contributed by atoms with E-state index in [1.165, 1.54) is 6.21 Å².